The molecule has 2 heterocycles. The highest BCUT2D eigenvalue weighted by molar-refractivity contribution is 5.47. The summed E-state index contributed by atoms with van der Waals surface area (Å²) >= 11 is 0. The van der Waals surface area contributed by atoms with Gasteiger partial charge in [-0.15, -0.1) is 0 Å². The fourth-order valence-electron chi connectivity index (χ4n) is 1.63. The molecule has 2 aromatic rings. The third-order valence-corrected chi connectivity index (χ3v) is 2.52. The van der Waals surface area contributed by atoms with Crippen LogP contribution in [0.15, 0.2) is 18.7 Å². The van der Waals surface area contributed by atoms with Crippen molar-refractivity contribution in [3.8, 4) is 5.82 Å². The molecule has 0 amide bonds. The molecule has 0 bridgehead atoms. The van der Waals surface area contributed by atoms with Crippen molar-refractivity contribution in [3.63, 3.8) is 0 Å². The lowest BCUT2D eigenvalue weighted by Crippen LogP contribution is -2.07. The lowest BCUT2D eigenvalue weighted by molar-refractivity contribution is 0.792. The van der Waals surface area contributed by atoms with Gasteiger partial charge in [-0.25, -0.2) is 15.0 Å². The van der Waals surface area contributed by atoms with E-state index in [2.05, 4.69) is 21.9 Å². The Labute approximate surface area is 94.4 Å². The van der Waals surface area contributed by atoms with Gasteiger partial charge in [0, 0.05) is 24.4 Å². The number of hydrogen-bond donors (Lipinski definition) is 1. The van der Waals surface area contributed by atoms with Crippen molar-refractivity contribution in [1.29, 1.82) is 0 Å². The molecule has 0 atom stereocenters. The molecule has 2 N–H and O–H groups in total. The van der Waals surface area contributed by atoms with E-state index in [9.17, 15) is 0 Å². The fourth-order valence-corrected chi connectivity index (χ4v) is 1.63. The Morgan fingerprint density at radius 1 is 1.31 bits per heavy atom. The average molecular weight is 217 g/mol. The molecule has 5 nitrogen and oxygen atoms in total. The third-order valence-electron chi connectivity index (χ3n) is 2.52. The lowest BCUT2D eigenvalue weighted by Gasteiger charge is -2.09. The summed E-state index contributed by atoms with van der Waals surface area (Å²) in [5.74, 6) is 2.33. The summed E-state index contributed by atoms with van der Waals surface area (Å²) in [6.07, 6.45) is 7.14. The van der Waals surface area contributed by atoms with Crippen molar-refractivity contribution < 1.29 is 0 Å². The van der Waals surface area contributed by atoms with Gasteiger partial charge in [-0.2, -0.15) is 0 Å². The Morgan fingerprint density at radius 2 is 2.12 bits per heavy atom. The molecule has 0 aliphatic rings. The summed E-state index contributed by atoms with van der Waals surface area (Å²) in [5.41, 5.74) is 6.65. The lowest BCUT2D eigenvalue weighted by atomic mass is 10.3. The molecule has 5 heteroatoms. The van der Waals surface area contributed by atoms with E-state index in [-0.39, 0.29) is 0 Å². The molecule has 0 aromatic carbocycles. The van der Waals surface area contributed by atoms with E-state index in [4.69, 9.17) is 5.73 Å². The molecule has 0 fully saturated rings. The SMILES string of the molecule is CCCc1nccn1-c1ncnc(N)c1C. The van der Waals surface area contributed by atoms with Crippen molar-refractivity contribution in [2.45, 2.75) is 26.7 Å². The van der Waals surface area contributed by atoms with Crippen LogP contribution in [0.3, 0.4) is 0 Å². The molecule has 2 aromatic heterocycles. The van der Waals surface area contributed by atoms with E-state index in [1.165, 1.54) is 6.33 Å². The Balaban J connectivity index is 2.50. The molecule has 0 saturated carbocycles. The number of rotatable bonds is 3. The Morgan fingerprint density at radius 3 is 2.88 bits per heavy atom. The normalized spacial score (nSPS) is 10.6. The van der Waals surface area contributed by atoms with Crippen LogP contribution in [0.4, 0.5) is 5.82 Å². The minimum atomic E-state index is 0.515. The number of nitrogens with zero attached hydrogens (tertiary/aromatic N) is 4. The first-order valence-corrected chi connectivity index (χ1v) is 5.33. The summed E-state index contributed by atoms with van der Waals surface area (Å²) < 4.78 is 1.97. The number of imidazole rings is 1. The zero-order valence-electron chi connectivity index (χ0n) is 9.51. The van der Waals surface area contributed by atoms with Gasteiger partial charge < -0.3 is 5.73 Å². The second-order valence-corrected chi connectivity index (χ2v) is 3.67. The number of nitrogen functional groups attached to an aromatic ring is 1. The Bertz CT molecular complexity index is 489. The van der Waals surface area contributed by atoms with Crippen LogP contribution in [0.5, 0.6) is 0 Å². The zero-order chi connectivity index (χ0) is 11.5. The molecular formula is C11H15N5. The van der Waals surface area contributed by atoms with Crippen LogP contribution in [0.1, 0.15) is 24.7 Å². The highest BCUT2D eigenvalue weighted by Crippen LogP contribution is 2.16. The molecule has 0 spiro atoms. The van der Waals surface area contributed by atoms with E-state index in [1.807, 2.05) is 17.7 Å². The molecular weight excluding hydrogens is 202 g/mol. The van der Waals surface area contributed by atoms with E-state index in [1.54, 1.807) is 6.20 Å². The van der Waals surface area contributed by atoms with Crippen molar-refractivity contribution in [3.05, 3.63) is 30.1 Å². The predicted octanol–water partition coefficient (Wildman–Crippen LogP) is 1.51. The van der Waals surface area contributed by atoms with E-state index >= 15 is 0 Å². The fraction of sp³-hybridized carbons (Fsp3) is 0.364. The highest BCUT2D eigenvalue weighted by Gasteiger charge is 2.09. The van der Waals surface area contributed by atoms with Crippen LogP contribution in [-0.4, -0.2) is 19.5 Å². The topological polar surface area (TPSA) is 69.6 Å². The van der Waals surface area contributed by atoms with Crippen LogP contribution in [0.2, 0.25) is 0 Å². The van der Waals surface area contributed by atoms with Gasteiger partial charge in [-0.1, -0.05) is 6.92 Å². The molecule has 0 aliphatic carbocycles. The summed E-state index contributed by atoms with van der Waals surface area (Å²) in [7, 11) is 0. The first kappa shape index (κ1) is 10.6. The Kier molecular flexibility index (Phi) is 2.85. The minimum Gasteiger partial charge on any atom is -0.383 e. The van der Waals surface area contributed by atoms with Gasteiger partial charge in [0.25, 0.3) is 0 Å². The third kappa shape index (κ3) is 1.76. The molecule has 0 unspecified atom stereocenters. The second kappa shape index (κ2) is 4.30. The monoisotopic (exact) mass is 217 g/mol. The largest absolute Gasteiger partial charge is 0.383 e. The van der Waals surface area contributed by atoms with Crippen molar-refractivity contribution in [2.75, 3.05) is 5.73 Å². The minimum absolute atomic E-state index is 0.515. The van der Waals surface area contributed by atoms with Gasteiger partial charge in [0.1, 0.15) is 23.8 Å². The first-order chi connectivity index (χ1) is 7.74. The van der Waals surface area contributed by atoms with Gasteiger partial charge in [0.05, 0.1) is 0 Å². The van der Waals surface area contributed by atoms with Gasteiger partial charge in [0.15, 0.2) is 0 Å². The summed E-state index contributed by atoms with van der Waals surface area (Å²) in [4.78, 5) is 12.5. The number of aryl methyl sites for hydroxylation is 1. The highest BCUT2D eigenvalue weighted by atomic mass is 15.1. The van der Waals surface area contributed by atoms with Crippen LogP contribution >= 0.6 is 0 Å². The smallest absolute Gasteiger partial charge is 0.146 e. The second-order valence-electron chi connectivity index (χ2n) is 3.67. The summed E-state index contributed by atoms with van der Waals surface area (Å²) in [5, 5.41) is 0. The van der Waals surface area contributed by atoms with Gasteiger partial charge in [0.2, 0.25) is 0 Å². The average Bonchev–Trinajstić information content (AvgIpc) is 2.71. The van der Waals surface area contributed by atoms with Crippen molar-refractivity contribution >= 4 is 5.82 Å². The van der Waals surface area contributed by atoms with Crippen LogP contribution < -0.4 is 5.73 Å². The summed E-state index contributed by atoms with van der Waals surface area (Å²) in [6.45, 7) is 4.04. The molecule has 0 aliphatic heterocycles. The number of hydrogen-bond acceptors (Lipinski definition) is 4. The quantitative estimate of drug-likeness (QED) is 0.846. The maximum atomic E-state index is 5.77. The maximum absolute atomic E-state index is 5.77. The number of aromatic nitrogens is 4. The Hall–Kier alpha value is -1.91. The number of anilines is 1. The molecule has 0 radical (unpaired) electrons. The van der Waals surface area contributed by atoms with Crippen molar-refractivity contribution in [2.24, 2.45) is 0 Å². The maximum Gasteiger partial charge on any atom is 0.146 e. The molecule has 0 saturated heterocycles. The van der Waals surface area contributed by atoms with Crippen molar-refractivity contribution in [1.82, 2.24) is 19.5 Å². The molecule has 2 rings (SSSR count). The van der Waals surface area contributed by atoms with Crippen LogP contribution in [-0.2, 0) is 6.42 Å². The van der Waals surface area contributed by atoms with E-state index in [0.29, 0.717) is 5.82 Å². The zero-order valence-corrected chi connectivity index (χ0v) is 9.51. The van der Waals surface area contributed by atoms with Crippen LogP contribution in [0.25, 0.3) is 5.82 Å². The molecule has 84 valence electrons. The van der Waals surface area contributed by atoms with E-state index in [0.717, 1.165) is 30.0 Å². The first-order valence-electron chi connectivity index (χ1n) is 5.33. The molecule has 16 heavy (non-hydrogen) atoms. The predicted molar refractivity (Wildman–Crippen MR) is 62.3 cm³/mol. The van der Waals surface area contributed by atoms with E-state index < -0.39 is 0 Å². The van der Waals surface area contributed by atoms with Gasteiger partial charge in [-0.05, 0) is 13.3 Å². The van der Waals surface area contributed by atoms with Gasteiger partial charge in [-0.3, -0.25) is 4.57 Å². The number of nitrogens with two attached hydrogens (primary N) is 1. The summed E-state index contributed by atoms with van der Waals surface area (Å²) in [6, 6.07) is 0. The van der Waals surface area contributed by atoms with Crippen LogP contribution in [0, 0.1) is 6.92 Å². The van der Waals surface area contributed by atoms with Gasteiger partial charge >= 0.3 is 0 Å². The standard InChI is InChI=1S/C11H15N5/c1-3-4-9-13-5-6-16(9)11-8(2)10(12)14-7-15-11/h5-7H,3-4H2,1-2H3,(H2,12,14,15).